The van der Waals surface area contributed by atoms with Crippen molar-refractivity contribution in [1.82, 2.24) is 10.3 Å². The first-order chi connectivity index (χ1) is 10.8. The van der Waals surface area contributed by atoms with Crippen LogP contribution in [0.5, 0.6) is 5.88 Å². The molecule has 0 aromatic carbocycles. The summed E-state index contributed by atoms with van der Waals surface area (Å²) in [4.78, 5) is 27.5. The Labute approximate surface area is 141 Å². The molecule has 1 rings (SSSR count). The summed E-state index contributed by atoms with van der Waals surface area (Å²) in [5, 5.41) is 3.27. The average Bonchev–Trinajstić information content (AvgIpc) is 2.44. The van der Waals surface area contributed by atoms with E-state index in [1.165, 1.54) is 0 Å². The van der Waals surface area contributed by atoms with Crippen molar-refractivity contribution in [2.45, 2.75) is 45.2 Å². The van der Waals surface area contributed by atoms with Crippen molar-refractivity contribution in [2.75, 3.05) is 5.75 Å². The number of hydrogen-bond donors (Lipinski definition) is 2. The van der Waals surface area contributed by atoms with Gasteiger partial charge in [0.25, 0.3) is 0 Å². The van der Waals surface area contributed by atoms with Gasteiger partial charge < -0.3 is 15.8 Å². The number of hydrogen-bond acceptors (Lipinski definition) is 5. The third kappa shape index (κ3) is 7.88. The molecule has 1 aromatic rings. The lowest BCUT2D eigenvalue weighted by atomic mass is 10.0. The second-order valence-electron chi connectivity index (χ2n) is 6.14. The second kappa shape index (κ2) is 9.39. The molecule has 0 spiro atoms. The van der Waals surface area contributed by atoms with Crippen LogP contribution in [0.4, 0.5) is 4.79 Å². The van der Waals surface area contributed by atoms with E-state index in [1.807, 2.05) is 19.9 Å². The van der Waals surface area contributed by atoms with Crippen LogP contribution in [0.2, 0.25) is 0 Å². The van der Waals surface area contributed by atoms with Crippen molar-refractivity contribution < 1.29 is 14.3 Å². The van der Waals surface area contributed by atoms with Crippen molar-refractivity contribution in [3.05, 3.63) is 18.2 Å². The standard InChI is InChI=1S/C16H25N3O3S/c1-10(2)8-12(15(17)20)18-16(21)22-13-6-5-7-14(19-13)23-9-11(3)4/h5-7,10-12H,8-9H2,1-4H3,(H2,17,20)(H,18,21)/t12-/m0/s1. The number of rotatable bonds is 8. The Morgan fingerprint density at radius 1 is 1.26 bits per heavy atom. The fourth-order valence-electron chi connectivity index (χ4n) is 1.77. The molecule has 1 aromatic heterocycles. The largest absolute Gasteiger partial charge is 0.414 e. The maximum absolute atomic E-state index is 11.9. The number of pyridine rings is 1. The highest BCUT2D eigenvalue weighted by Crippen LogP contribution is 2.20. The van der Waals surface area contributed by atoms with Crippen LogP contribution in [0.25, 0.3) is 0 Å². The van der Waals surface area contributed by atoms with Gasteiger partial charge in [0.2, 0.25) is 11.8 Å². The lowest BCUT2D eigenvalue weighted by Crippen LogP contribution is -2.46. The minimum Gasteiger partial charge on any atom is -0.391 e. The minimum atomic E-state index is -0.749. The predicted molar refractivity (Wildman–Crippen MR) is 91.4 cm³/mol. The summed E-state index contributed by atoms with van der Waals surface area (Å²) in [6, 6.07) is 4.49. The molecule has 0 fully saturated rings. The number of nitrogens with one attached hydrogen (secondary N) is 1. The lowest BCUT2D eigenvalue weighted by molar-refractivity contribution is -0.120. The zero-order chi connectivity index (χ0) is 17.4. The van der Waals surface area contributed by atoms with Crippen molar-refractivity contribution in [2.24, 2.45) is 17.6 Å². The fraction of sp³-hybridized carbons (Fsp3) is 0.562. The van der Waals surface area contributed by atoms with Crippen LogP contribution in [0, 0.1) is 11.8 Å². The molecular weight excluding hydrogens is 314 g/mol. The molecule has 0 aliphatic heterocycles. The summed E-state index contributed by atoms with van der Waals surface area (Å²) in [7, 11) is 0. The Morgan fingerprint density at radius 2 is 1.96 bits per heavy atom. The summed E-state index contributed by atoms with van der Waals surface area (Å²) in [6.45, 7) is 8.14. The van der Waals surface area contributed by atoms with E-state index in [0.717, 1.165) is 10.8 Å². The van der Waals surface area contributed by atoms with Crippen LogP contribution in [0.15, 0.2) is 23.2 Å². The topological polar surface area (TPSA) is 94.3 Å². The first-order valence-corrected chi connectivity index (χ1v) is 8.64. The molecule has 7 heteroatoms. The average molecular weight is 339 g/mol. The molecule has 1 heterocycles. The third-order valence-electron chi connectivity index (χ3n) is 2.80. The maximum atomic E-state index is 11.9. The van der Waals surface area contributed by atoms with E-state index >= 15 is 0 Å². The van der Waals surface area contributed by atoms with E-state index in [2.05, 4.69) is 24.1 Å². The van der Waals surface area contributed by atoms with E-state index in [-0.39, 0.29) is 11.8 Å². The first-order valence-electron chi connectivity index (χ1n) is 7.65. The van der Waals surface area contributed by atoms with E-state index in [9.17, 15) is 9.59 Å². The highest BCUT2D eigenvalue weighted by atomic mass is 32.2. The van der Waals surface area contributed by atoms with Crippen LogP contribution in [0.3, 0.4) is 0 Å². The first kappa shape index (κ1) is 19.3. The van der Waals surface area contributed by atoms with Crippen molar-refractivity contribution in [3.63, 3.8) is 0 Å². The highest BCUT2D eigenvalue weighted by Gasteiger charge is 2.20. The smallest absolute Gasteiger partial charge is 0.391 e. The Kier molecular flexibility index (Phi) is 7.88. The molecule has 1 atom stereocenters. The number of carbonyl (C=O) groups is 2. The van der Waals surface area contributed by atoms with Gasteiger partial charge in [0.1, 0.15) is 11.1 Å². The van der Waals surface area contributed by atoms with Gasteiger partial charge in [-0.2, -0.15) is 0 Å². The molecule has 0 saturated carbocycles. The van der Waals surface area contributed by atoms with E-state index < -0.39 is 18.0 Å². The Bertz CT molecular complexity index is 535. The number of carbonyl (C=O) groups excluding carboxylic acids is 2. The van der Waals surface area contributed by atoms with Gasteiger partial charge in [-0.1, -0.05) is 33.8 Å². The van der Waals surface area contributed by atoms with E-state index in [0.29, 0.717) is 12.3 Å². The summed E-state index contributed by atoms with van der Waals surface area (Å²) in [5.41, 5.74) is 5.29. The molecule has 0 bridgehead atoms. The molecule has 0 saturated heterocycles. The summed E-state index contributed by atoms with van der Waals surface area (Å²) in [5.74, 6) is 1.32. The third-order valence-corrected chi connectivity index (χ3v) is 4.16. The summed E-state index contributed by atoms with van der Waals surface area (Å²) in [6.07, 6.45) is -0.268. The van der Waals surface area contributed by atoms with Gasteiger partial charge >= 0.3 is 6.09 Å². The molecule has 0 aliphatic rings. The lowest BCUT2D eigenvalue weighted by Gasteiger charge is -2.16. The van der Waals surface area contributed by atoms with Gasteiger partial charge in [-0.3, -0.25) is 4.79 Å². The van der Waals surface area contributed by atoms with Crippen molar-refractivity contribution in [1.29, 1.82) is 0 Å². The molecular formula is C16H25N3O3S. The number of primary amides is 1. The minimum absolute atomic E-state index is 0.198. The SMILES string of the molecule is CC(C)CSc1cccc(OC(=O)N[C@@H](CC(C)C)C(N)=O)n1. The molecule has 23 heavy (non-hydrogen) atoms. The molecule has 128 valence electrons. The highest BCUT2D eigenvalue weighted by molar-refractivity contribution is 7.99. The number of nitrogens with zero attached hydrogens (tertiary/aromatic N) is 1. The van der Waals surface area contributed by atoms with Gasteiger partial charge in [0.15, 0.2) is 0 Å². The Hall–Kier alpha value is -1.76. The van der Waals surface area contributed by atoms with Crippen LogP contribution in [-0.2, 0) is 4.79 Å². The molecule has 6 nitrogen and oxygen atoms in total. The van der Waals surface area contributed by atoms with E-state index in [4.69, 9.17) is 10.5 Å². The number of nitrogens with two attached hydrogens (primary N) is 1. The van der Waals surface area contributed by atoms with Crippen LogP contribution in [-0.4, -0.2) is 28.8 Å². The van der Waals surface area contributed by atoms with E-state index in [1.54, 1.807) is 23.9 Å². The molecule has 0 unspecified atom stereocenters. The second-order valence-corrected chi connectivity index (χ2v) is 7.18. The molecule has 2 amide bonds. The number of aromatic nitrogens is 1. The van der Waals surface area contributed by atoms with Crippen LogP contribution >= 0.6 is 11.8 Å². The zero-order valence-corrected chi connectivity index (χ0v) is 14.9. The normalized spacial score (nSPS) is 12.3. The van der Waals surface area contributed by atoms with Gasteiger partial charge in [-0.15, -0.1) is 11.8 Å². The van der Waals surface area contributed by atoms with Gasteiger partial charge in [0, 0.05) is 11.8 Å². The Morgan fingerprint density at radius 3 is 2.52 bits per heavy atom. The zero-order valence-electron chi connectivity index (χ0n) is 14.0. The van der Waals surface area contributed by atoms with Crippen LogP contribution in [0.1, 0.15) is 34.1 Å². The predicted octanol–water partition coefficient (Wildman–Crippen LogP) is 2.82. The van der Waals surface area contributed by atoms with Gasteiger partial charge in [-0.05, 0) is 24.3 Å². The molecule has 0 radical (unpaired) electrons. The molecule has 3 N–H and O–H groups in total. The summed E-state index contributed by atoms with van der Waals surface area (Å²) >= 11 is 1.60. The molecule has 0 aliphatic carbocycles. The van der Waals surface area contributed by atoms with Gasteiger partial charge in [-0.25, -0.2) is 9.78 Å². The van der Waals surface area contributed by atoms with Crippen LogP contribution < -0.4 is 15.8 Å². The monoisotopic (exact) mass is 339 g/mol. The van der Waals surface area contributed by atoms with Gasteiger partial charge in [0.05, 0.1) is 0 Å². The fourth-order valence-corrected chi connectivity index (χ4v) is 2.60. The quantitative estimate of drug-likeness (QED) is 0.710. The number of ether oxygens (including phenoxy) is 1. The summed E-state index contributed by atoms with van der Waals surface area (Å²) < 4.78 is 5.14. The number of thioether (sulfide) groups is 1. The van der Waals surface area contributed by atoms with Crippen molar-refractivity contribution in [3.8, 4) is 5.88 Å². The number of amides is 2. The maximum Gasteiger partial charge on any atom is 0.414 e. The van der Waals surface area contributed by atoms with Crippen molar-refractivity contribution >= 4 is 23.8 Å². The Balaban J connectivity index is 2.62.